The zero-order valence-electron chi connectivity index (χ0n) is 12.1. The second-order valence-corrected chi connectivity index (χ2v) is 9.28. The Balaban J connectivity index is 0. The molecular weight excluding hydrogens is 328 g/mol. The van der Waals surface area contributed by atoms with E-state index in [1.165, 1.54) is 0 Å². The van der Waals surface area contributed by atoms with Crippen LogP contribution in [0.2, 0.25) is 0 Å². The normalized spacial score (nSPS) is 26.9. The second-order valence-electron chi connectivity index (χ2n) is 5.36. The van der Waals surface area contributed by atoms with Crippen LogP contribution in [0.4, 0.5) is 0 Å². The molecule has 0 heterocycles. The van der Waals surface area contributed by atoms with Gasteiger partial charge in [0.2, 0.25) is 0 Å². The summed E-state index contributed by atoms with van der Waals surface area (Å²) in [6.45, 7) is 1.64. The molecule has 2 atom stereocenters. The molecule has 1 aliphatic rings. The smallest absolute Gasteiger partial charge is 0.776 e. The minimum absolute atomic E-state index is 0. The van der Waals surface area contributed by atoms with Gasteiger partial charge in [-0.2, -0.15) is 0 Å². The van der Waals surface area contributed by atoms with Crippen molar-refractivity contribution < 1.29 is 92.9 Å². The summed E-state index contributed by atoms with van der Waals surface area (Å²) in [6, 6.07) is 0. The van der Waals surface area contributed by atoms with Gasteiger partial charge in [-0.1, -0.05) is 26.2 Å². The monoisotopic (exact) mass is 346 g/mol. The van der Waals surface area contributed by atoms with Gasteiger partial charge in [0.25, 0.3) is 0 Å². The number of hydrogen-bond donors (Lipinski definition) is 3. The van der Waals surface area contributed by atoms with Gasteiger partial charge in [0, 0.05) is 0 Å². The Morgan fingerprint density at radius 2 is 1.40 bits per heavy atom. The van der Waals surface area contributed by atoms with Crippen LogP contribution in [0.15, 0.2) is 0 Å². The van der Waals surface area contributed by atoms with Gasteiger partial charge in [-0.15, -0.1) is 0 Å². The van der Waals surface area contributed by atoms with E-state index in [-0.39, 0.29) is 59.1 Å². The van der Waals surface area contributed by atoms with Gasteiger partial charge in [0.15, 0.2) is 20.3 Å². The van der Waals surface area contributed by atoms with E-state index in [1.807, 2.05) is 0 Å². The maximum absolute atomic E-state index is 11.1. The number of aliphatic hydroxyl groups is 1. The predicted molar refractivity (Wildman–Crippen MR) is 60.4 cm³/mol. The standard InChI is InChI=1S/C9H20O7P2.2Na/c1-8(5-3-2-4-6-8)7-9(10,17(11,12)13)18(14,15)16;;/h10H,2-7H2,1H3,(H2,11,12,13)(H2,14,15,16);;/q;2*+1/p-2. The molecule has 0 spiro atoms. The summed E-state index contributed by atoms with van der Waals surface area (Å²) in [4.78, 5) is 40.1. The summed E-state index contributed by atoms with van der Waals surface area (Å²) >= 11 is 0. The zero-order valence-corrected chi connectivity index (χ0v) is 17.9. The van der Waals surface area contributed by atoms with Gasteiger partial charge in [-0.3, -0.25) is 0 Å². The maximum atomic E-state index is 11.1. The van der Waals surface area contributed by atoms with Crippen molar-refractivity contribution in [2.75, 3.05) is 0 Å². The fourth-order valence-corrected chi connectivity index (χ4v) is 4.95. The molecule has 1 saturated carbocycles. The summed E-state index contributed by atoms with van der Waals surface area (Å²) in [6.07, 6.45) is 2.89. The second kappa shape index (κ2) is 8.39. The Bertz CT molecular complexity index is 377. The molecule has 3 N–H and O–H groups in total. The molecule has 0 radical (unpaired) electrons. The topological polar surface area (TPSA) is 141 Å². The van der Waals surface area contributed by atoms with Gasteiger partial charge >= 0.3 is 59.1 Å². The third kappa shape index (κ3) is 5.72. The van der Waals surface area contributed by atoms with E-state index < -0.39 is 32.1 Å². The molecule has 2 unspecified atom stereocenters. The van der Waals surface area contributed by atoms with Crippen molar-refractivity contribution in [1.29, 1.82) is 0 Å². The molecule has 0 saturated heterocycles. The third-order valence-electron chi connectivity index (χ3n) is 3.63. The van der Waals surface area contributed by atoms with Crippen LogP contribution in [0.25, 0.3) is 0 Å². The van der Waals surface area contributed by atoms with E-state index in [2.05, 4.69) is 0 Å². The van der Waals surface area contributed by atoms with E-state index in [1.54, 1.807) is 6.92 Å². The van der Waals surface area contributed by atoms with Crippen LogP contribution in [0.1, 0.15) is 45.4 Å². The summed E-state index contributed by atoms with van der Waals surface area (Å²) < 4.78 is 22.2. The predicted octanol–water partition coefficient (Wildman–Crippen LogP) is -5.91. The molecule has 1 rings (SSSR count). The molecule has 0 aliphatic heterocycles. The average molecular weight is 346 g/mol. The largest absolute Gasteiger partial charge is 1.00 e. The fraction of sp³-hybridized carbons (Fsp3) is 1.00. The Labute approximate surface area is 162 Å². The van der Waals surface area contributed by atoms with Crippen LogP contribution < -0.4 is 68.9 Å². The van der Waals surface area contributed by atoms with Crippen LogP contribution in [0.5, 0.6) is 0 Å². The Kier molecular flexibility index (Phi) is 10.3. The Morgan fingerprint density at radius 3 is 1.70 bits per heavy atom. The molecular formula is C9H18Na2O7P2. The summed E-state index contributed by atoms with van der Waals surface area (Å²) in [5, 5.41) is 6.26. The quantitative estimate of drug-likeness (QED) is 0.340. The first kappa shape index (κ1) is 24.5. The van der Waals surface area contributed by atoms with E-state index >= 15 is 0 Å². The molecule has 0 aromatic heterocycles. The van der Waals surface area contributed by atoms with Crippen molar-refractivity contribution in [1.82, 2.24) is 0 Å². The van der Waals surface area contributed by atoms with E-state index in [4.69, 9.17) is 9.79 Å². The van der Waals surface area contributed by atoms with Crippen LogP contribution in [0.3, 0.4) is 0 Å². The fourth-order valence-electron chi connectivity index (χ4n) is 2.51. The van der Waals surface area contributed by atoms with Crippen LogP contribution in [-0.2, 0) is 9.13 Å². The van der Waals surface area contributed by atoms with Crippen LogP contribution in [0, 0.1) is 5.41 Å². The van der Waals surface area contributed by atoms with Gasteiger partial charge in [0.1, 0.15) is 0 Å². The average Bonchev–Trinajstić information content (AvgIpc) is 2.14. The van der Waals surface area contributed by atoms with Crippen molar-refractivity contribution in [2.45, 2.75) is 50.5 Å². The molecule has 1 fully saturated rings. The van der Waals surface area contributed by atoms with Gasteiger partial charge in [-0.25, -0.2) is 0 Å². The molecule has 0 amide bonds. The minimum Gasteiger partial charge on any atom is -0.776 e. The van der Waals surface area contributed by atoms with Crippen molar-refractivity contribution in [3.8, 4) is 0 Å². The number of rotatable bonds is 4. The molecule has 108 valence electrons. The zero-order chi connectivity index (χ0) is 14.2. The molecule has 11 heteroatoms. The van der Waals surface area contributed by atoms with Crippen LogP contribution >= 0.6 is 15.2 Å². The summed E-state index contributed by atoms with van der Waals surface area (Å²) in [5.74, 6) is 0. The molecule has 7 nitrogen and oxygen atoms in total. The van der Waals surface area contributed by atoms with Crippen molar-refractivity contribution in [3.05, 3.63) is 0 Å². The molecule has 0 aromatic carbocycles. The van der Waals surface area contributed by atoms with Crippen molar-refractivity contribution in [3.63, 3.8) is 0 Å². The minimum atomic E-state index is -5.64. The summed E-state index contributed by atoms with van der Waals surface area (Å²) in [5.41, 5.74) is -0.737. The van der Waals surface area contributed by atoms with Gasteiger partial charge in [-0.05, 0) is 24.7 Å². The molecule has 0 aromatic rings. The van der Waals surface area contributed by atoms with E-state index in [9.17, 15) is 24.0 Å². The first-order valence-corrected chi connectivity index (χ1v) is 8.87. The Morgan fingerprint density at radius 1 is 1.05 bits per heavy atom. The Hall–Kier alpha value is 2.26. The SMILES string of the molecule is CC1(CC(O)(P(=O)([O-])O)P(=O)([O-])O)CCCCC1.[Na+].[Na+]. The molecule has 1 aliphatic carbocycles. The third-order valence-corrected chi connectivity index (χ3v) is 7.27. The van der Waals surface area contributed by atoms with Crippen LogP contribution in [-0.4, -0.2) is 20.0 Å². The molecule has 0 bridgehead atoms. The van der Waals surface area contributed by atoms with E-state index in [0.29, 0.717) is 12.8 Å². The van der Waals surface area contributed by atoms with Crippen molar-refractivity contribution in [2.24, 2.45) is 5.41 Å². The van der Waals surface area contributed by atoms with Gasteiger partial charge < -0.3 is 33.8 Å². The maximum Gasteiger partial charge on any atom is 1.00 e. The van der Waals surface area contributed by atoms with Gasteiger partial charge in [0.05, 0.1) is 0 Å². The first-order valence-electron chi connectivity index (χ1n) is 5.72. The number of hydrogen-bond acceptors (Lipinski definition) is 5. The van der Waals surface area contributed by atoms with E-state index in [0.717, 1.165) is 19.3 Å². The molecule has 20 heavy (non-hydrogen) atoms. The first-order chi connectivity index (χ1) is 7.91. The summed E-state index contributed by atoms with van der Waals surface area (Å²) in [7, 11) is -11.3. The van der Waals surface area contributed by atoms with Crippen molar-refractivity contribution >= 4 is 15.2 Å².